The number of nitrogens with one attached hydrogen (secondary N) is 4. The number of thioether (sulfide) groups is 6. The predicted octanol–water partition coefficient (Wildman–Crippen LogP) is 4.94. The van der Waals surface area contributed by atoms with Crippen molar-refractivity contribution in [1.82, 2.24) is 64.4 Å². The van der Waals surface area contributed by atoms with Crippen LogP contribution in [0.4, 0.5) is 23.3 Å². The van der Waals surface area contributed by atoms with E-state index in [4.69, 9.17) is 39.9 Å². The van der Waals surface area contributed by atoms with Gasteiger partial charge >= 0.3 is 83.5 Å². The fourth-order valence-corrected chi connectivity index (χ4v) is 9.43. The first-order valence-corrected chi connectivity index (χ1v) is 39.2. The molecule has 0 atom stereocenters. The molecule has 0 fully saturated rings. The SMILES string of the molecule is CCOC(=O)/C=C/c1cnc(SC)nc1NC.CCOC(=O)CP(=O)(OC)OC.CCOC(=O)c1cnc(SC)nc1Cl.CCOC(=O)c1cnc(SC)nc1NC.CN.CNc1nc(SC)ncc1C=O.CNc1nc(SC)ncc1CO.CSc1ncc2ccc(=O)n(C)c2n1.[2H][B].[H-].[Na+].[O]=[Mn]=[O].[U]. The molecule has 0 bridgehead atoms. The Labute approximate surface area is 691 Å². The average Bonchev–Trinajstić information content (AvgIpc) is 0.814. The average molecular weight is 1880 g/mol. The molecule has 567 valence electrons. The summed E-state index contributed by atoms with van der Waals surface area (Å²) in [5, 5.41) is 25.3. The minimum atomic E-state index is -3.24. The molecule has 7 heterocycles. The van der Waals surface area contributed by atoms with Gasteiger partial charge in [-0.3, -0.25) is 23.5 Å². The molecule has 0 aliphatic carbocycles. The number of aromatic nitrogens is 13. The molecule has 0 aliphatic rings. The minimum Gasteiger partial charge on any atom is 0 e. The summed E-state index contributed by atoms with van der Waals surface area (Å²) in [7, 11) is 13.1. The molecule has 0 saturated heterocycles. The topological polar surface area (TPSA) is 463 Å². The number of nitrogens with two attached hydrogens (primary N) is 1. The fraction of sp³-hybridized carbons (Fsp3) is 0.414. The summed E-state index contributed by atoms with van der Waals surface area (Å²) >= 11 is 12.9. The molecule has 0 amide bonds. The van der Waals surface area contributed by atoms with Crippen LogP contribution in [0, 0.1) is 31.1 Å². The third-order valence-corrected chi connectivity index (χ3v) is 16.4. The Hall–Kier alpha value is -5.12. The molecule has 2 radical (unpaired) electrons. The Morgan fingerprint density at radius 3 is 1.43 bits per heavy atom. The molecule has 7 aromatic heterocycles. The number of carbonyl (C=O) groups excluding carboxylic acids is 5. The van der Waals surface area contributed by atoms with Crippen molar-refractivity contribution in [2.45, 2.75) is 65.2 Å². The number of pyridine rings is 1. The minimum absolute atomic E-state index is 0. The van der Waals surface area contributed by atoms with Gasteiger partial charge < -0.3 is 61.5 Å². The molecule has 0 unspecified atom stereocenters. The smallest absolute Gasteiger partial charge is 0 e. The Kier molecular flexibility index (Phi) is 65.8. The van der Waals surface area contributed by atoms with Gasteiger partial charge in [0.15, 0.2) is 37.2 Å². The van der Waals surface area contributed by atoms with Crippen molar-refractivity contribution in [3.63, 3.8) is 0 Å². The first-order valence-electron chi connectivity index (χ1n) is 29.4. The van der Waals surface area contributed by atoms with Gasteiger partial charge in [-0.2, -0.15) is 0 Å². The van der Waals surface area contributed by atoms with E-state index < -0.39 is 40.3 Å². The van der Waals surface area contributed by atoms with E-state index in [0.717, 1.165) is 22.8 Å². The summed E-state index contributed by atoms with van der Waals surface area (Å²) in [6.45, 7) is 8.15. The maximum absolute atomic E-state index is 11.5. The maximum Gasteiger partial charge on any atom is 0 e. The van der Waals surface area contributed by atoms with E-state index in [1.54, 1.807) is 93.7 Å². The number of fused-ring (bicyclic) bond motifs is 1. The molecule has 0 spiro atoms. The Morgan fingerprint density at radius 2 is 1.01 bits per heavy atom. The van der Waals surface area contributed by atoms with Crippen LogP contribution in [-0.2, 0) is 78.3 Å². The van der Waals surface area contributed by atoms with Crippen LogP contribution in [0.15, 0.2) is 91.1 Å². The van der Waals surface area contributed by atoms with Gasteiger partial charge in [-0.05, 0) is 85.8 Å². The number of aliphatic hydroxyl groups excluding tert-OH is 1. The van der Waals surface area contributed by atoms with Crippen molar-refractivity contribution in [3.8, 4) is 0 Å². The van der Waals surface area contributed by atoms with E-state index in [1.807, 2.05) is 37.5 Å². The summed E-state index contributed by atoms with van der Waals surface area (Å²) in [5.74, 6) is 0.589. The fourth-order valence-electron chi connectivity index (χ4n) is 6.32. The van der Waals surface area contributed by atoms with Gasteiger partial charge in [0.1, 0.15) is 51.4 Å². The number of nitrogens with zero attached hydrogens (tertiary/aromatic N) is 13. The number of ether oxygens (including phenoxy) is 4. The number of hydrogen-bond acceptors (Lipinski definition) is 39. The van der Waals surface area contributed by atoms with E-state index in [-0.39, 0.29) is 104 Å². The summed E-state index contributed by atoms with van der Waals surface area (Å²) in [6.07, 6.45) is 24.1. The van der Waals surface area contributed by atoms with Crippen LogP contribution >= 0.6 is 89.8 Å². The number of aldehydes is 1. The van der Waals surface area contributed by atoms with Crippen LogP contribution in [0.25, 0.3) is 17.1 Å². The van der Waals surface area contributed by atoms with Gasteiger partial charge in [-0.25, -0.2) is 74.2 Å². The molecule has 0 saturated carbocycles. The summed E-state index contributed by atoms with van der Waals surface area (Å²) in [5.41, 5.74) is 7.63. The van der Waals surface area contributed by atoms with Crippen molar-refractivity contribution >= 4 is 169 Å². The Balaban J connectivity index is -0.000000271. The molecular weight excluding hydrogens is 1790 g/mol. The van der Waals surface area contributed by atoms with Crippen LogP contribution in [0.2, 0.25) is 5.15 Å². The first kappa shape index (κ1) is 105. The number of halogens is 1. The van der Waals surface area contributed by atoms with Gasteiger partial charge in [0.2, 0.25) is 0 Å². The van der Waals surface area contributed by atoms with Crippen LogP contribution in [0.5, 0.6) is 0 Å². The van der Waals surface area contributed by atoms with Crippen LogP contribution in [0.3, 0.4) is 0 Å². The van der Waals surface area contributed by atoms with E-state index in [9.17, 15) is 33.3 Å². The van der Waals surface area contributed by atoms with Crippen LogP contribution < -0.4 is 62.1 Å². The summed E-state index contributed by atoms with van der Waals surface area (Å²) < 4.78 is 63.0. The number of hydrogen-bond donors (Lipinski definition) is 6. The molecule has 7 rings (SSSR count). The molecular formula is C58H86BClMnN18NaO16PS6U. The van der Waals surface area contributed by atoms with Gasteiger partial charge in [-0.15, -0.1) is 0 Å². The van der Waals surface area contributed by atoms with E-state index in [1.165, 1.54) is 127 Å². The second kappa shape index (κ2) is 65.0. The van der Waals surface area contributed by atoms with E-state index >= 15 is 0 Å². The Bertz CT molecular complexity index is 3880. The molecule has 0 aliphatic heterocycles. The van der Waals surface area contributed by atoms with Crippen molar-refractivity contribution in [2.75, 3.05) is 141 Å². The largest absolute Gasteiger partial charge is 0 e. The second-order valence-corrected chi connectivity index (χ2v) is 24.4. The zero-order valence-corrected chi connectivity index (χ0v) is 74.7. The predicted molar refractivity (Wildman–Crippen MR) is 401 cm³/mol. The molecule has 34 nitrogen and oxygen atoms in total. The van der Waals surface area contributed by atoms with Gasteiger partial charge in [0.05, 0.1) is 38.6 Å². The molecule has 7 aromatic rings. The molecule has 0 aromatic carbocycles. The van der Waals surface area contributed by atoms with Gasteiger partial charge in [-0.1, -0.05) is 82.2 Å². The zero-order chi connectivity index (χ0) is 78.9. The van der Waals surface area contributed by atoms with Gasteiger partial charge in [0, 0.05) is 155 Å². The van der Waals surface area contributed by atoms with E-state index in [2.05, 4.69) is 109 Å². The normalized spacial score (nSPS) is 9.68. The standard InChI is InChI=1S/C11H15N3O2S.C9H13N3O2S.C9H9N3OS.C8H9ClN2O2S.C7H11N3OS.C7H9N3OS.C6H13O5P.CH5N.BH.Mn.Na.2O.U.H/c1-4-16-9(15)6-5-8-7-13-11(17-3)14-10(8)12-2;1-4-14-8(13)6-5-11-9(15-3)12-7(6)10-2;1-12-7(13)4-3-6-5-10-9(14-2)11-8(6)12;1-3-13-7(12)5-4-10-8(14-2)11-6(5)9;2*1-8-6-5(4-11)3-9-7(10-6)12-2;1-4-11-6(7)5-12(8,9-2)10-3;1-2;;;;;;;/h5-7H,4H2,1-3H3,(H,12,13,14);5H,4H2,1-3H3,(H,10,11,12);3-5H,1-2H3;4H,3H2,1-2H3;3,11H,4H2,1-2H3,(H,8,9,10);3-4H,1-2H3,(H,8,9,10);4-5H2,1-3H3;2H2,1H3;1H;;;;;;/q;;;;;;;;;;+1;;;;-1/b6-5+;;;;;;;;;;;;;;/i;;;;;;;;1D;;;;;;. The van der Waals surface area contributed by atoms with E-state index in [0.29, 0.717) is 90.8 Å². The second-order valence-electron chi connectivity index (χ2n) is 16.9. The van der Waals surface area contributed by atoms with Gasteiger partial charge in [0.25, 0.3) is 5.56 Å². The number of aryl methyl sites for hydroxylation is 1. The zero-order valence-electron chi connectivity index (χ0n) is 62.8. The number of rotatable bonds is 24. The number of aliphatic hydroxyl groups is 1. The number of carbonyl (C=O) groups is 5. The third-order valence-electron chi connectivity index (χ3n) is 10.9. The summed E-state index contributed by atoms with van der Waals surface area (Å²) in [6, 6.07) is 3.26. The Morgan fingerprint density at radius 1 is 0.625 bits per heavy atom. The van der Waals surface area contributed by atoms with Crippen LogP contribution in [0.1, 0.15) is 71.3 Å². The quantitative estimate of drug-likeness (QED) is 0.00537. The van der Waals surface area contributed by atoms with Crippen molar-refractivity contribution in [2.24, 2.45) is 12.8 Å². The monoisotopic (exact) mass is 1880 g/mol. The number of anilines is 4. The van der Waals surface area contributed by atoms with Crippen molar-refractivity contribution in [1.29, 1.82) is 1.34 Å². The van der Waals surface area contributed by atoms with Crippen LogP contribution in [-0.4, -0.2) is 229 Å². The molecule has 46 heteroatoms. The maximum atomic E-state index is 11.5. The molecule has 7 N–H and O–H groups in total. The third kappa shape index (κ3) is 41.8. The van der Waals surface area contributed by atoms with Crippen molar-refractivity contribution in [3.05, 3.63) is 98.7 Å². The van der Waals surface area contributed by atoms with Crippen molar-refractivity contribution < 1.29 is 146 Å². The molecule has 104 heavy (non-hydrogen) atoms. The number of esters is 4. The summed E-state index contributed by atoms with van der Waals surface area (Å²) in [4.78, 5) is 116. The first-order chi connectivity index (χ1) is 49.4.